The van der Waals surface area contributed by atoms with Crippen molar-refractivity contribution >= 4 is 63.3 Å². The van der Waals surface area contributed by atoms with Gasteiger partial charge in [0, 0.05) is 17.0 Å². The zero-order chi connectivity index (χ0) is 33.8. The lowest BCUT2D eigenvalue weighted by Gasteiger charge is -2.49. The fourth-order valence-corrected chi connectivity index (χ4v) is 8.10. The molecular weight excluding hydrogens is 684 g/mol. The maximum atomic E-state index is 13.5. The quantitative estimate of drug-likeness (QED) is 0.0581. The summed E-state index contributed by atoms with van der Waals surface area (Å²) in [5.74, 6) is -2.86. The number of thiazole rings is 1. The Kier molecular flexibility index (Phi) is 9.76. The largest absolute Gasteiger partial charge is 0.477 e. The fourth-order valence-electron chi connectivity index (χ4n) is 5.67. The summed E-state index contributed by atoms with van der Waals surface area (Å²) >= 11 is 8.23. The summed E-state index contributed by atoms with van der Waals surface area (Å²) in [5.41, 5.74) is 1.16. The molecule has 10 nitrogen and oxygen atoms in total. The molecule has 2 amide bonds. The minimum absolute atomic E-state index is 0.0791. The molecule has 0 saturated carbocycles. The van der Waals surface area contributed by atoms with Crippen LogP contribution in [0.25, 0.3) is 0 Å². The van der Waals surface area contributed by atoms with Gasteiger partial charge in [0.15, 0.2) is 10.8 Å². The average molecular weight is 710 g/mol. The molecular formula is C33H26ClF2N5O5S2. The Labute approximate surface area is 286 Å². The number of carbonyl (C=O) groups is 3. The van der Waals surface area contributed by atoms with E-state index in [0.717, 1.165) is 32.9 Å². The number of benzene rings is 3. The van der Waals surface area contributed by atoms with E-state index >= 15 is 0 Å². The predicted octanol–water partition coefficient (Wildman–Crippen LogP) is 5.47. The van der Waals surface area contributed by atoms with Crippen molar-refractivity contribution in [3.63, 3.8) is 0 Å². The van der Waals surface area contributed by atoms with E-state index in [4.69, 9.17) is 11.6 Å². The highest BCUT2D eigenvalue weighted by Crippen LogP contribution is 2.42. The topological polar surface area (TPSA) is 133 Å². The third-order valence-corrected chi connectivity index (χ3v) is 10.2. The van der Waals surface area contributed by atoms with Crippen LogP contribution in [-0.4, -0.2) is 68.1 Å². The lowest BCUT2D eigenvalue weighted by molar-refractivity contribution is -0.150. The van der Waals surface area contributed by atoms with Gasteiger partial charge in [0.05, 0.1) is 0 Å². The van der Waals surface area contributed by atoms with Crippen LogP contribution in [0.4, 0.5) is 13.9 Å². The van der Waals surface area contributed by atoms with Crippen LogP contribution in [0.3, 0.4) is 0 Å². The molecule has 4 aromatic rings. The van der Waals surface area contributed by atoms with Crippen LogP contribution in [0.1, 0.15) is 22.4 Å². The number of carbonyl (C=O) groups excluding carboxylic acids is 2. The summed E-state index contributed by atoms with van der Waals surface area (Å²) in [6.45, 7) is -3.34. The Morgan fingerprint density at radius 2 is 1.58 bits per heavy atom. The van der Waals surface area contributed by atoms with Gasteiger partial charge in [-0.15, -0.1) is 34.7 Å². The molecule has 0 bridgehead atoms. The second-order valence-electron chi connectivity index (χ2n) is 10.6. The van der Waals surface area contributed by atoms with E-state index in [1.165, 1.54) is 17.1 Å². The van der Waals surface area contributed by atoms with Crippen molar-refractivity contribution in [2.45, 2.75) is 23.6 Å². The molecule has 48 heavy (non-hydrogen) atoms. The third-order valence-electron chi connectivity index (χ3n) is 7.80. The van der Waals surface area contributed by atoms with E-state index in [1.807, 2.05) is 91.0 Å². The summed E-state index contributed by atoms with van der Waals surface area (Å²) in [6.07, 6.45) is 0. The first-order valence-corrected chi connectivity index (χ1v) is 16.9. The molecule has 1 fully saturated rings. The number of amides is 2. The molecule has 6 rings (SSSR count). The molecule has 3 aromatic carbocycles. The van der Waals surface area contributed by atoms with Crippen LogP contribution in [-0.2, 0) is 24.8 Å². The number of anilines is 1. The smallest absolute Gasteiger partial charge is 0.407 e. The molecule has 0 aliphatic carbocycles. The molecule has 1 aromatic heterocycles. The second-order valence-corrected chi connectivity index (χ2v) is 12.8. The number of oxime groups is 1. The van der Waals surface area contributed by atoms with Crippen LogP contribution in [0.5, 0.6) is 0 Å². The highest BCUT2D eigenvalue weighted by atomic mass is 35.5. The summed E-state index contributed by atoms with van der Waals surface area (Å²) in [5, 5.41) is 20.2. The van der Waals surface area contributed by atoms with Gasteiger partial charge in [-0.25, -0.2) is 9.78 Å². The number of hydrogen-bond acceptors (Lipinski definition) is 9. The van der Waals surface area contributed by atoms with Gasteiger partial charge in [-0.05, 0) is 22.3 Å². The average Bonchev–Trinajstić information content (AvgIpc) is 3.57. The van der Waals surface area contributed by atoms with Crippen molar-refractivity contribution in [1.29, 1.82) is 0 Å². The van der Waals surface area contributed by atoms with E-state index < -0.39 is 47.1 Å². The van der Waals surface area contributed by atoms with E-state index in [0.29, 0.717) is 10.7 Å². The van der Waals surface area contributed by atoms with Crippen LogP contribution >= 0.6 is 34.7 Å². The highest BCUT2D eigenvalue weighted by molar-refractivity contribution is 8.00. The summed E-state index contributed by atoms with van der Waals surface area (Å²) in [4.78, 5) is 48.3. The zero-order valence-electron chi connectivity index (χ0n) is 24.8. The van der Waals surface area contributed by atoms with Crippen molar-refractivity contribution in [3.8, 4) is 0 Å². The molecule has 1 saturated heterocycles. The van der Waals surface area contributed by atoms with Gasteiger partial charge in [-0.3, -0.25) is 14.5 Å². The molecule has 0 spiro atoms. The van der Waals surface area contributed by atoms with Gasteiger partial charge in [0.2, 0.25) is 0 Å². The SMILES string of the molecule is O=C(O)C1=C(CCl)CS[C@@H]2C(NC(=O)/C(=N/OC(F)F)c3csc(NC(c4ccccc4)(c4ccccc4)c4ccccc4)n3)C(=O)N12. The number of aliphatic carboxylic acids is 1. The number of nitrogens with one attached hydrogen (secondary N) is 2. The van der Waals surface area contributed by atoms with Crippen LogP contribution in [0.2, 0.25) is 0 Å². The van der Waals surface area contributed by atoms with Gasteiger partial charge in [0.25, 0.3) is 11.8 Å². The molecule has 1 unspecified atom stereocenters. The molecule has 3 N–H and O–H groups in total. The number of aromatic nitrogens is 1. The minimum atomic E-state index is -3.34. The van der Waals surface area contributed by atoms with E-state index in [-0.39, 0.29) is 23.0 Å². The van der Waals surface area contributed by atoms with Crippen molar-refractivity contribution in [2.75, 3.05) is 16.9 Å². The number of rotatable bonds is 12. The molecule has 15 heteroatoms. The Balaban J connectivity index is 1.33. The lowest BCUT2D eigenvalue weighted by atomic mass is 9.77. The first kappa shape index (κ1) is 33.1. The van der Waals surface area contributed by atoms with Gasteiger partial charge in [-0.1, -0.05) is 96.2 Å². The lowest BCUT2D eigenvalue weighted by Crippen LogP contribution is -2.71. The maximum absolute atomic E-state index is 13.5. The third kappa shape index (κ3) is 6.25. The molecule has 246 valence electrons. The van der Waals surface area contributed by atoms with E-state index in [2.05, 4.69) is 25.6 Å². The summed E-state index contributed by atoms with van der Waals surface area (Å²) < 4.78 is 26.3. The van der Waals surface area contributed by atoms with Gasteiger partial charge >= 0.3 is 12.6 Å². The zero-order valence-corrected chi connectivity index (χ0v) is 27.1. The summed E-state index contributed by atoms with van der Waals surface area (Å²) in [7, 11) is 0. The van der Waals surface area contributed by atoms with Crippen molar-refractivity contribution in [1.82, 2.24) is 15.2 Å². The van der Waals surface area contributed by atoms with Crippen LogP contribution in [0.15, 0.2) is 113 Å². The molecule has 2 aliphatic heterocycles. The second kappa shape index (κ2) is 14.1. The molecule has 2 aliphatic rings. The van der Waals surface area contributed by atoms with Crippen LogP contribution < -0.4 is 10.6 Å². The first-order valence-electron chi connectivity index (χ1n) is 14.4. The molecule has 0 radical (unpaired) electrons. The first-order chi connectivity index (χ1) is 23.2. The molecule has 3 heterocycles. The highest BCUT2D eigenvalue weighted by Gasteiger charge is 2.54. The normalized spacial score (nSPS) is 17.9. The van der Waals surface area contributed by atoms with Crippen LogP contribution in [0, 0.1) is 0 Å². The number of thioether (sulfide) groups is 1. The van der Waals surface area contributed by atoms with Gasteiger partial charge in [-0.2, -0.15) is 8.78 Å². The number of halogens is 3. The number of β-lactam (4-membered cyclic amide) rings is 1. The molecule has 2 atom stereocenters. The number of alkyl halides is 3. The summed E-state index contributed by atoms with van der Waals surface area (Å²) in [6, 6.07) is 27.9. The van der Waals surface area contributed by atoms with Crippen molar-refractivity contribution < 1.29 is 33.1 Å². The monoisotopic (exact) mass is 709 g/mol. The number of carboxylic acids is 1. The van der Waals surface area contributed by atoms with Gasteiger partial charge in [0.1, 0.15) is 28.3 Å². The number of nitrogens with zero attached hydrogens (tertiary/aromatic N) is 3. The Hall–Kier alpha value is -4.79. The number of fused-ring (bicyclic) bond motifs is 1. The Bertz CT molecular complexity index is 1780. The predicted molar refractivity (Wildman–Crippen MR) is 179 cm³/mol. The van der Waals surface area contributed by atoms with Crippen molar-refractivity contribution in [2.24, 2.45) is 5.16 Å². The van der Waals surface area contributed by atoms with Crippen molar-refractivity contribution in [3.05, 3.63) is 130 Å². The Morgan fingerprint density at radius 1 is 1.02 bits per heavy atom. The van der Waals surface area contributed by atoms with Gasteiger partial charge < -0.3 is 20.6 Å². The maximum Gasteiger partial charge on any atom is 0.407 e. The number of hydrogen-bond donors (Lipinski definition) is 3. The van der Waals surface area contributed by atoms with E-state index in [9.17, 15) is 28.3 Å². The standard InChI is InChI=1S/C33H26ClF2N5O5S2/c34-16-19-17-47-29-25(28(43)41(29)26(19)30(44)45)38-27(42)24(40-46-31(35)36)23-18-48-32(37-23)39-33(20-10-4-1-5-11-20,21-12-6-2-7-13-21)22-14-8-3-9-15-22/h1-15,18,25,29,31H,16-17H2,(H,37,39)(H,38,42)(H,44,45)/b40-24+/t25?,29-/m1/s1. The fraction of sp³-hybridized carbons (Fsp3) is 0.182. The Morgan fingerprint density at radius 3 is 2.08 bits per heavy atom. The minimum Gasteiger partial charge on any atom is -0.477 e. The number of carboxylic acid groups (broad SMARTS) is 1. The van der Waals surface area contributed by atoms with E-state index in [1.54, 1.807) is 0 Å².